The van der Waals surface area contributed by atoms with Crippen molar-refractivity contribution in [3.63, 3.8) is 0 Å². The molecule has 0 unspecified atom stereocenters. The summed E-state index contributed by atoms with van der Waals surface area (Å²) in [5.41, 5.74) is 2.12. The molecule has 0 bridgehead atoms. The van der Waals surface area contributed by atoms with E-state index in [-0.39, 0.29) is 12.7 Å². The highest BCUT2D eigenvalue weighted by Gasteiger charge is 2.14. The molecule has 4 aromatic rings. The van der Waals surface area contributed by atoms with Crippen LogP contribution in [0.25, 0.3) is 11.4 Å². The molecule has 0 saturated carbocycles. The van der Waals surface area contributed by atoms with E-state index in [2.05, 4.69) is 15.3 Å². The Morgan fingerprint density at radius 1 is 0.971 bits per heavy atom. The van der Waals surface area contributed by atoms with Gasteiger partial charge in [-0.3, -0.25) is 4.79 Å². The zero-order chi connectivity index (χ0) is 23.3. The number of methoxy groups -OCH3 is 1. The standard InChI is InChI=1S/C26H21N3O5/c1-31-20-6-8-21(9-7-20)34-24-11-12-27-25(29-24)18-3-2-4-19(14-18)26(30)28-15-17-5-10-22-23(13-17)33-16-32-22/h2-14H,15-16H2,1H3,(H,28,30). The summed E-state index contributed by atoms with van der Waals surface area (Å²) in [6.07, 6.45) is 1.62. The maximum atomic E-state index is 12.8. The van der Waals surface area contributed by atoms with Crippen LogP contribution in [0.5, 0.6) is 28.9 Å². The SMILES string of the molecule is COc1ccc(Oc2ccnc(-c3cccc(C(=O)NCc4ccc5c(c4)OCO5)c3)n2)cc1. The molecule has 0 spiro atoms. The molecule has 0 radical (unpaired) electrons. The zero-order valence-electron chi connectivity index (χ0n) is 18.4. The average Bonchev–Trinajstić information content (AvgIpc) is 3.36. The Morgan fingerprint density at radius 3 is 2.65 bits per heavy atom. The summed E-state index contributed by atoms with van der Waals surface area (Å²) in [6, 6.07) is 21.6. The van der Waals surface area contributed by atoms with Gasteiger partial charge in [-0.15, -0.1) is 0 Å². The van der Waals surface area contributed by atoms with Crippen LogP contribution < -0.4 is 24.3 Å². The lowest BCUT2D eigenvalue weighted by Crippen LogP contribution is -2.22. The van der Waals surface area contributed by atoms with Crippen molar-refractivity contribution < 1.29 is 23.7 Å². The van der Waals surface area contributed by atoms with Gasteiger partial charge in [0, 0.05) is 29.9 Å². The third-order valence-electron chi connectivity index (χ3n) is 5.18. The first-order valence-electron chi connectivity index (χ1n) is 10.6. The van der Waals surface area contributed by atoms with Gasteiger partial charge in [-0.05, 0) is 54.1 Å². The van der Waals surface area contributed by atoms with Crippen LogP contribution in [0.4, 0.5) is 0 Å². The first-order chi connectivity index (χ1) is 16.7. The summed E-state index contributed by atoms with van der Waals surface area (Å²) in [6.45, 7) is 0.577. The van der Waals surface area contributed by atoms with E-state index >= 15 is 0 Å². The Kier molecular flexibility index (Phi) is 5.94. The zero-order valence-corrected chi connectivity index (χ0v) is 18.4. The minimum atomic E-state index is -0.204. The molecule has 1 aliphatic heterocycles. The number of nitrogens with one attached hydrogen (secondary N) is 1. The summed E-state index contributed by atoms with van der Waals surface area (Å²) in [5.74, 6) is 3.41. The van der Waals surface area contributed by atoms with Crippen molar-refractivity contribution in [2.45, 2.75) is 6.54 Å². The molecule has 0 atom stereocenters. The Bertz CT molecular complexity index is 1320. The normalized spacial score (nSPS) is 11.7. The summed E-state index contributed by atoms with van der Waals surface area (Å²) in [4.78, 5) is 21.6. The Labute approximate surface area is 196 Å². The van der Waals surface area contributed by atoms with Gasteiger partial charge in [0.1, 0.15) is 11.5 Å². The average molecular weight is 455 g/mol. The second-order valence-corrected chi connectivity index (χ2v) is 7.45. The molecule has 1 N–H and O–H groups in total. The molecule has 1 aromatic heterocycles. The van der Waals surface area contributed by atoms with E-state index in [1.54, 1.807) is 49.7 Å². The number of hydrogen-bond donors (Lipinski definition) is 1. The van der Waals surface area contributed by atoms with Crippen LogP contribution in [0.1, 0.15) is 15.9 Å². The molecule has 0 fully saturated rings. The fraction of sp³-hybridized carbons (Fsp3) is 0.115. The summed E-state index contributed by atoms with van der Waals surface area (Å²) < 4.78 is 21.7. The molecule has 8 nitrogen and oxygen atoms in total. The minimum absolute atomic E-state index is 0.204. The number of carbonyl (C=O) groups is 1. The highest BCUT2D eigenvalue weighted by atomic mass is 16.7. The van der Waals surface area contributed by atoms with Crippen LogP contribution in [0.2, 0.25) is 0 Å². The van der Waals surface area contributed by atoms with E-state index in [0.717, 1.165) is 11.3 Å². The Balaban J connectivity index is 1.27. The number of hydrogen-bond acceptors (Lipinski definition) is 7. The van der Waals surface area contributed by atoms with E-state index in [4.69, 9.17) is 18.9 Å². The fourth-order valence-electron chi connectivity index (χ4n) is 3.44. The van der Waals surface area contributed by atoms with Crippen molar-refractivity contribution in [3.8, 4) is 40.3 Å². The molecule has 170 valence electrons. The van der Waals surface area contributed by atoms with Gasteiger partial charge in [0.05, 0.1) is 7.11 Å². The van der Waals surface area contributed by atoms with Crippen molar-refractivity contribution in [2.75, 3.05) is 13.9 Å². The molecule has 2 heterocycles. The monoisotopic (exact) mass is 455 g/mol. The minimum Gasteiger partial charge on any atom is -0.497 e. The topological polar surface area (TPSA) is 91.8 Å². The summed E-state index contributed by atoms with van der Waals surface area (Å²) >= 11 is 0. The molecule has 5 rings (SSSR count). The molecule has 34 heavy (non-hydrogen) atoms. The van der Waals surface area contributed by atoms with E-state index < -0.39 is 0 Å². The summed E-state index contributed by atoms with van der Waals surface area (Å²) in [7, 11) is 1.61. The van der Waals surface area contributed by atoms with Crippen molar-refractivity contribution in [3.05, 3.63) is 90.1 Å². The van der Waals surface area contributed by atoms with Gasteiger partial charge in [-0.1, -0.05) is 18.2 Å². The second-order valence-electron chi connectivity index (χ2n) is 7.45. The van der Waals surface area contributed by atoms with Gasteiger partial charge < -0.3 is 24.3 Å². The molecule has 0 aliphatic carbocycles. The highest BCUT2D eigenvalue weighted by molar-refractivity contribution is 5.95. The lowest BCUT2D eigenvalue weighted by atomic mass is 10.1. The third-order valence-corrected chi connectivity index (χ3v) is 5.18. The maximum Gasteiger partial charge on any atom is 0.251 e. The number of rotatable bonds is 7. The van der Waals surface area contributed by atoms with Crippen LogP contribution in [-0.2, 0) is 6.54 Å². The number of nitrogens with zero attached hydrogens (tertiary/aromatic N) is 2. The number of ether oxygens (including phenoxy) is 4. The van der Waals surface area contributed by atoms with Crippen LogP contribution in [0.15, 0.2) is 79.0 Å². The van der Waals surface area contributed by atoms with Crippen molar-refractivity contribution in [1.82, 2.24) is 15.3 Å². The van der Waals surface area contributed by atoms with Crippen molar-refractivity contribution in [1.29, 1.82) is 0 Å². The van der Waals surface area contributed by atoms with E-state index in [0.29, 0.717) is 46.6 Å². The first kappa shape index (κ1) is 21.3. The predicted octanol–water partition coefficient (Wildman–Crippen LogP) is 4.60. The number of carbonyl (C=O) groups excluding carboxylic acids is 1. The number of amides is 1. The maximum absolute atomic E-state index is 12.8. The number of aromatic nitrogens is 2. The van der Waals surface area contributed by atoms with Crippen LogP contribution >= 0.6 is 0 Å². The van der Waals surface area contributed by atoms with Gasteiger partial charge in [0.2, 0.25) is 12.7 Å². The van der Waals surface area contributed by atoms with Crippen LogP contribution in [-0.4, -0.2) is 29.8 Å². The Morgan fingerprint density at radius 2 is 1.79 bits per heavy atom. The van der Waals surface area contributed by atoms with Crippen LogP contribution in [0, 0.1) is 0 Å². The second kappa shape index (κ2) is 9.50. The van der Waals surface area contributed by atoms with Gasteiger partial charge in [-0.25, -0.2) is 4.98 Å². The lowest BCUT2D eigenvalue weighted by Gasteiger charge is -2.09. The van der Waals surface area contributed by atoms with Crippen LogP contribution in [0.3, 0.4) is 0 Å². The number of fused-ring (bicyclic) bond motifs is 1. The van der Waals surface area contributed by atoms with E-state index in [1.807, 2.05) is 36.4 Å². The highest BCUT2D eigenvalue weighted by Crippen LogP contribution is 2.32. The van der Waals surface area contributed by atoms with Gasteiger partial charge in [0.15, 0.2) is 17.3 Å². The molecule has 1 aliphatic rings. The summed E-state index contributed by atoms with van der Waals surface area (Å²) in [5, 5.41) is 2.93. The Hall–Kier alpha value is -4.59. The molecular formula is C26H21N3O5. The van der Waals surface area contributed by atoms with Gasteiger partial charge in [-0.2, -0.15) is 4.98 Å². The lowest BCUT2D eigenvalue weighted by molar-refractivity contribution is 0.0951. The molecule has 8 heteroatoms. The van der Waals surface area contributed by atoms with E-state index in [1.165, 1.54) is 0 Å². The smallest absolute Gasteiger partial charge is 0.251 e. The molecular weight excluding hydrogens is 434 g/mol. The van der Waals surface area contributed by atoms with Gasteiger partial charge in [0.25, 0.3) is 5.91 Å². The van der Waals surface area contributed by atoms with Gasteiger partial charge >= 0.3 is 0 Å². The van der Waals surface area contributed by atoms with Crippen molar-refractivity contribution in [2.24, 2.45) is 0 Å². The first-order valence-corrected chi connectivity index (χ1v) is 10.6. The van der Waals surface area contributed by atoms with E-state index in [9.17, 15) is 4.79 Å². The third kappa shape index (κ3) is 4.75. The van der Waals surface area contributed by atoms with Crippen molar-refractivity contribution >= 4 is 5.91 Å². The largest absolute Gasteiger partial charge is 0.497 e. The predicted molar refractivity (Wildman–Crippen MR) is 124 cm³/mol. The molecule has 1 amide bonds. The number of benzene rings is 3. The molecule has 0 saturated heterocycles. The quantitative estimate of drug-likeness (QED) is 0.435. The molecule has 3 aromatic carbocycles. The fourth-order valence-corrected chi connectivity index (χ4v) is 3.44.